The standard InChI is InChI=1S/C18H13ClN4O3S/c1-27(25,26)12-6-7-14(20-9-12)10-2-4-11(5-3-10)16-13(19)8-15-17(22-16)23-18(24)21-15/h2-9H,1H3,(H2,21,22,23,24). The number of rotatable bonds is 3. The van der Waals surface area contributed by atoms with Gasteiger partial charge in [-0.15, -0.1) is 0 Å². The smallest absolute Gasteiger partial charge is 0.293 e. The van der Waals surface area contributed by atoms with Gasteiger partial charge in [-0.2, -0.15) is 4.98 Å². The number of aromatic amines is 1. The molecule has 3 aromatic heterocycles. The molecule has 0 amide bonds. The Morgan fingerprint density at radius 2 is 1.74 bits per heavy atom. The fourth-order valence-electron chi connectivity index (χ4n) is 2.68. The minimum Gasteiger partial charge on any atom is -0.480 e. The molecular weight excluding hydrogens is 388 g/mol. The van der Waals surface area contributed by atoms with Gasteiger partial charge in [-0.1, -0.05) is 35.9 Å². The van der Waals surface area contributed by atoms with E-state index in [2.05, 4.69) is 19.9 Å². The highest BCUT2D eigenvalue weighted by atomic mass is 35.5. The van der Waals surface area contributed by atoms with E-state index < -0.39 is 9.84 Å². The first-order valence-electron chi connectivity index (χ1n) is 7.83. The number of nitrogens with one attached hydrogen (secondary N) is 1. The molecule has 0 aliphatic carbocycles. The van der Waals surface area contributed by atoms with Crippen LogP contribution >= 0.6 is 11.6 Å². The van der Waals surface area contributed by atoms with Crippen molar-refractivity contribution in [3.05, 3.63) is 53.7 Å². The number of pyridine rings is 2. The molecule has 0 bridgehead atoms. The van der Waals surface area contributed by atoms with E-state index in [4.69, 9.17) is 11.6 Å². The molecule has 0 aliphatic heterocycles. The van der Waals surface area contributed by atoms with E-state index in [-0.39, 0.29) is 10.9 Å². The van der Waals surface area contributed by atoms with Crippen LogP contribution in [0.4, 0.5) is 0 Å². The van der Waals surface area contributed by atoms with E-state index >= 15 is 0 Å². The summed E-state index contributed by atoms with van der Waals surface area (Å²) in [4.78, 5) is 15.4. The minimum absolute atomic E-state index is 0.175. The van der Waals surface area contributed by atoms with Crippen LogP contribution in [0.5, 0.6) is 6.01 Å². The third-order valence-corrected chi connectivity index (χ3v) is 5.42. The molecule has 27 heavy (non-hydrogen) atoms. The summed E-state index contributed by atoms with van der Waals surface area (Å²) in [5, 5.41) is 9.87. The number of nitrogens with zero attached hydrogens (tertiary/aromatic N) is 3. The average Bonchev–Trinajstić information content (AvgIpc) is 2.99. The SMILES string of the molecule is CS(=O)(=O)c1ccc(-c2ccc(-c3nc4nc(O)[nH]c4cc3Cl)cc2)nc1. The minimum atomic E-state index is -3.28. The van der Waals surface area contributed by atoms with Crippen LogP contribution in [0.3, 0.4) is 0 Å². The average molecular weight is 401 g/mol. The van der Waals surface area contributed by atoms with Crippen LogP contribution in [0.1, 0.15) is 0 Å². The van der Waals surface area contributed by atoms with E-state index in [0.29, 0.717) is 27.6 Å². The van der Waals surface area contributed by atoms with Crippen LogP contribution in [-0.4, -0.2) is 39.7 Å². The summed E-state index contributed by atoms with van der Waals surface area (Å²) in [5.74, 6) is 0. The van der Waals surface area contributed by atoms with E-state index in [1.165, 1.54) is 12.3 Å². The topological polar surface area (TPSA) is 109 Å². The number of hydrogen-bond acceptors (Lipinski definition) is 6. The number of halogens is 1. The van der Waals surface area contributed by atoms with Gasteiger partial charge in [-0.05, 0) is 18.2 Å². The fraction of sp³-hybridized carbons (Fsp3) is 0.0556. The third kappa shape index (κ3) is 3.36. The number of imidazole rings is 1. The van der Waals surface area contributed by atoms with Crippen molar-refractivity contribution < 1.29 is 13.5 Å². The fourth-order valence-corrected chi connectivity index (χ4v) is 3.50. The second-order valence-corrected chi connectivity index (χ2v) is 8.40. The summed E-state index contributed by atoms with van der Waals surface area (Å²) in [5.41, 5.74) is 3.72. The first kappa shape index (κ1) is 17.4. The molecule has 0 radical (unpaired) electrons. The molecule has 1 aromatic carbocycles. The first-order chi connectivity index (χ1) is 12.8. The molecule has 0 atom stereocenters. The van der Waals surface area contributed by atoms with E-state index in [9.17, 15) is 13.5 Å². The van der Waals surface area contributed by atoms with Gasteiger partial charge in [0.1, 0.15) is 0 Å². The van der Waals surface area contributed by atoms with Gasteiger partial charge in [0.05, 0.1) is 26.8 Å². The van der Waals surface area contributed by atoms with Gasteiger partial charge in [-0.3, -0.25) is 4.98 Å². The highest BCUT2D eigenvalue weighted by molar-refractivity contribution is 7.90. The number of hydrogen-bond donors (Lipinski definition) is 2. The Morgan fingerprint density at radius 1 is 1.04 bits per heavy atom. The molecule has 3 heterocycles. The highest BCUT2D eigenvalue weighted by Gasteiger charge is 2.12. The highest BCUT2D eigenvalue weighted by Crippen LogP contribution is 2.30. The molecule has 9 heteroatoms. The van der Waals surface area contributed by atoms with Crippen molar-refractivity contribution in [2.45, 2.75) is 4.90 Å². The Hall–Kier alpha value is -2.97. The van der Waals surface area contributed by atoms with Gasteiger partial charge < -0.3 is 10.1 Å². The molecule has 136 valence electrons. The van der Waals surface area contributed by atoms with E-state index in [1.54, 1.807) is 12.1 Å². The van der Waals surface area contributed by atoms with Gasteiger partial charge in [0.25, 0.3) is 6.01 Å². The number of H-pyrrole nitrogens is 1. The Kier molecular flexibility index (Phi) is 4.09. The van der Waals surface area contributed by atoms with Crippen molar-refractivity contribution in [3.63, 3.8) is 0 Å². The Bertz CT molecular complexity index is 1250. The zero-order chi connectivity index (χ0) is 19.2. The van der Waals surface area contributed by atoms with Gasteiger partial charge in [0.15, 0.2) is 15.5 Å². The zero-order valence-corrected chi connectivity index (χ0v) is 15.6. The predicted molar refractivity (Wildman–Crippen MR) is 102 cm³/mol. The summed E-state index contributed by atoms with van der Waals surface area (Å²) in [7, 11) is -3.28. The van der Waals surface area contributed by atoms with Crippen molar-refractivity contribution in [1.29, 1.82) is 0 Å². The van der Waals surface area contributed by atoms with Crippen molar-refractivity contribution in [3.8, 4) is 28.5 Å². The molecule has 2 N–H and O–H groups in total. The molecule has 0 unspecified atom stereocenters. The summed E-state index contributed by atoms with van der Waals surface area (Å²) in [6.45, 7) is 0. The lowest BCUT2D eigenvalue weighted by atomic mass is 10.1. The van der Waals surface area contributed by atoms with Crippen LogP contribution in [0.2, 0.25) is 5.02 Å². The number of fused-ring (bicyclic) bond motifs is 1. The first-order valence-corrected chi connectivity index (χ1v) is 10.1. The predicted octanol–water partition coefficient (Wildman–Crippen LogP) is 3.45. The summed E-state index contributed by atoms with van der Waals surface area (Å²) >= 11 is 6.30. The van der Waals surface area contributed by atoms with Gasteiger partial charge >= 0.3 is 0 Å². The molecule has 4 aromatic rings. The molecule has 0 fully saturated rings. The zero-order valence-electron chi connectivity index (χ0n) is 14.0. The lowest BCUT2D eigenvalue weighted by Crippen LogP contribution is -1.97. The van der Waals surface area contributed by atoms with Gasteiger partial charge in [-0.25, -0.2) is 13.4 Å². The van der Waals surface area contributed by atoms with Crippen LogP contribution in [-0.2, 0) is 9.84 Å². The third-order valence-electron chi connectivity index (χ3n) is 4.03. The summed E-state index contributed by atoms with van der Waals surface area (Å²) < 4.78 is 23.1. The Morgan fingerprint density at radius 3 is 2.37 bits per heavy atom. The summed E-state index contributed by atoms with van der Waals surface area (Å²) in [6.07, 6.45) is 2.49. The Balaban J connectivity index is 1.69. The van der Waals surface area contributed by atoms with Crippen molar-refractivity contribution in [1.82, 2.24) is 19.9 Å². The molecule has 0 aliphatic rings. The number of aromatic nitrogens is 4. The number of sulfone groups is 1. The van der Waals surface area contributed by atoms with Crippen molar-refractivity contribution >= 4 is 32.6 Å². The van der Waals surface area contributed by atoms with Gasteiger partial charge in [0.2, 0.25) is 0 Å². The maximum Gasteiger partial charge on any atom is 0.293 e. The summed E-state index contributed by atoms with van der Waals surface area (Å²) in [6, 6.07) is 12.0. The largest absolute Gasteiger partial charge is 0.480 e. The molecule has 0 saturated carbocycles. The van der Waals surface area contributed by atoms with E-state index in [1.807, 2.05) is 24.3 Å². The maximum absolute atomic E-state index is 11.5. The second kappa shape index (κ2) is 6.33. The van der Waals surface area contributed by atoms with Crippen LogP contribution in [0, 0.1) is 0 Å². The maximum atomic E-state index is 11.5. The quantitative estimate of drug-likeness (QED) is 0.545. The number of benzene rings is 1. The molecule has 0 spiro atoms. The second-order valence-electron chi connectivity index (χ2n) is 5.98. The molecular formula is C18H13ClN4O3S. The van der Waals surface area contributed by atoms with Crippen LogP contribution < -0.4 is 0 Å². The lowest BCUT2D eigenvalue weighted by Gasteiger charge is -2.06. The number of aromatic hydroxyl groups is 1. The lowest BCUT2D eigenvalue weighted by molar-refractivity contribution is 0.438. The van der Waals surface area contributed by atoms with E-state index in [0.717, 1.165) is 17.4 Å². The Labute approximate surface area is 159 Å². The van der Waals surface area contributed by atoms with Crippen LogP contribution in [0.15, 0.2) is 53.6 Å². The van der Waals surface area contributed by atoms with Crippen molar-refractivity contribution in [2.75, 3.05) is 6.26 Å². The molecule has 0 saturated heterocycles. The monoisotopic (exact) mass is 400 g/mol. The van der Waals surface area contributed by atoms with Crippen molar-refractivity contribution in [2.24, 2.45) is 0 Å². The van der Waals surface area contributed by atoms with Crippen LogP contribution in [0.25, 0.3) is 33.7 Å². The van der Waals surface area contributed by atoms with Gasteiger partial charge in [0, 0.05) is 23.6 Å². The molecule has 4 rings (SSSR count). The molecule has 7 nitrogen and oxygen atoms in total. The normalized spacial score (nSPS) is 11.8.